The summed E-state index contributed by atoms with van der Waals surface area (Å²) in [7, 11) is 3.34. The minimum Gasteiger partial charge on any atom is -0.497 e. The largest absolute Gasteiger partial charge is 0.497 e. The summed E-state index contributed by atoms with van der Waals surface area (Å²) in [5, 5.41) is 13.2. The van der Waals surface area contributed by atoms with Crippen molar-refractivity contribution in [2.24, 2.45) is 5.73 Å². The highest BCUT2D eigenvalue weighted by molar-refractivity contribution is 6.08. The first-order valence-electron chi connectivity index (χ1n) is 7.77. The van der Waals surface area contributed by atoms with Gasteiger partial charge in [0.25, 0.3) is 0 Å². The van der Waals surface area contributed by atoms with Crippen LogP contribution in [0.5, 0.6) is 5.75 Å². The fraction of sp³-hybridized carbons (Fsp3) is 0.158. The van der Waals surface area contributed by atoms with Crippen molar-refractivity contribution in [3.05, 3.63) is 65.9 Å². The average molecular weight is 338 g/mol. The zero-order chi connectivity index (χ0) is 18.2. The summed E-state index contributed by atoms with van der Waals surface area (Å²) in [6.45, 7) is 0. The van der Waals surface area contributed by atoms with Gasteiger partial charge in [-0.05, 0) is 42.4 Å². The van der Waals surface area contributed by atoms with Crippen LogP contribution >= 0.6 is 0 Å². The van der Waals surface area contributed by atoms with Gasteiger partial charge in [-0.1, -0.05) is 24.3 Å². The molecule has 6 nitrogen and oxygen atoms in total. The minimum absolute atomic E-state index is 0.165. The van der Waals surface area contributed by atoms with Crippen molar-refractivity contribution in [3.8, 4) is 5.75 Å². The Balaban J connectivity index is 2.12. The van der Waals surface area contributed by atoms with Crippen molar-refractivity contribution in [2.45, 2.75) is 6.04 Å². The van der Waals surface area contributed by atoms with Crippen molar-refractivity contribution in [1.82, 2.24) is 5.32 Å². The normalized spacial score (nSPS) is 12.3. The number of methoxy groups -OCH3 is 1. The number of amides is 1. The van der Waals surface area contributed by atoms with Crippen LogP contribution in [-0.2, 0) is 4.79 Å². The Morgan fingerprint density at radius 3 is 2.28 bits per heavy atom. The van der Waals surface area contributed by atoms with Gasteiger partial charge in [-0.3, -0.25) is 4.79 Å². The first-order valence-corrected chi connectivity index (χ1v) is 7.77. The number of nitrogens with two attached hydrogens (primary N) is 1. The molecule has 0 aliphatic carbocycles. The zero-order valence-corrected chi connectivity index (χ0v) is 14.2. The van der Waals surface area contributed by atoms with E-state index in [1.54, 1.807) is 38.4 Å². The number of nitrogens with one attached hydrogen (secondary N) is 3. The van der Waals surface area contributed by atoms with Crippen molar-refractivity contribution < 1.29 is 9.53 Å². The van der Waals surface area contributed by atoms with Crippen LogP contribution in [0.3, 0.4) is 0 Å². The zero-order valence-electron chi connectivity index (χ0n) is 14.2. The summed E-state index contributed by atoms with van der Waals surface area (Å²) in [4.78, 5) is 12.6. The molecule has 6 heteroatoms. The van der Waals surface area contributed by atoms with Crippen LogP contribution in [0.2, 0.25) is 0 Å². The smallest absolute Gasteiger partial charge is 0.246 e. The number of hydrogen-bond acceptors (Lipinski definition) is 5. The van der Waals surface area contributed by atoms with E-state index in [-0.39, 0.29) is 5.91 Å². The van der Waals surface area contributed by atoms with Gasteiger partial charge < -0.3 is 26.5 Å². The van der Waals surface area contributed by atoms with E-state index < -0.39 is 6.04 Å². The molecule has 5 N–H and O–H groups in total. The van der Waals surface area contributed by atoms with Crippen LogP contribution in [0.4, 0.5) is 5.69 Å². The molecule has 25 heavy (non-hydrogen) atoms. The highest BCUT2D eigenvalue weighted by atomic mass is 16.5. The molecule has 130 valence electrons. The van der Waals surface area contributed by atoms with Crippen molar-refractivity contribution in [2.75, 3.05) is 19.5 Å². The number of rotatable bonds is 7. The number of hydrogen-bond donors (Lipinski definition) is 4. The average Bonchev–Trinajstić information content (AvgIpc) is 2.65. The van der Waals surface area contributed by atoms with E-state index in [1.165, 1.54) is 12.4 Å². The molecule has 1 amide bonds. The minimum atomic E-state index is -0.480. The predicted octanol–water partition coefficient (Wildman–Crippen LogP) is 2.54. The molecule has 2 rings (SSSR count). The fourth-order valence-corrected chi connectivity index (χ4v) is 2.43. The van der Waals surface area contributed by atoms with Crippen LogP contribution < -0.4 is 21.1 Å². The van der Waals surface area contributed by atoms with Crippen LogP contribution in [0.1, 0.15) is 17.2 Å². The summed E-state index contributed by atoms with van der Waals surface area (Å²) in [5.74, 6) is 0.576. The Bertz CT molecular complexity index is 752. The van der Waals surface area contributed by atoms with Gasteiger partial charge in [-0.25, -0.2) is 0 Å². The molecular weight excluding hydrogens is 316 g/mol. The summed E-state index contributed by atoms with van der Waals surface area (Å²) >= 11 is 0. The number of carbonyl (C=O) groups is 1. The second-order valence-electron chi connectivity index (χ2n) is 5.33. The summed E-state index contributed by atoms with van der Waals surface area (Å²) in [5.41, 5.74) is 8.42. The molecule has 0 heterocycles. The van der Waals surface area contributed by atoms with Gasteiger partial charge in [0.2, 0.25) is 5.91 Å². The van der Waals surface area contributed by atoms with E-state index in [1.807, 2.05) is 24.3 Å². The van der Waals surface area contributed by atoms with Crippen molar-refractivity contribution in [1.29, 1.82) is 5.41 Å². The van der Waals surface area contributed by atoms with Crippen LogP contribution in [-0.4, -0.2) is 26.3 Å². The van der Waals surface area contributed by atoms with E-state index in [0.29, 0.717) is 11.3 Å². The molecule has 0 fully saturated rings. The third kappa shape index (κ3) is 4.45. The molecule has 0 saturated carbocycles. The van der Waals surface area contributed by atoms with Gasteiger partial charge in [-0.2, -0.15) is 0 Å². The first-order chi connectivity index (χ1) is 12.1. The second kappa shape index (κ2) is 8.65. The molecule has 0 saturated heterocycles. The standard InChI is InChI=1S/C19H22N4O2/c1-22-18(14-5-9-17(25-2)10-6-14)19(24)23-16-7-3-13(4-8-16)15(11-20)12-21/h3-12,18,20,22H,21H2,1-2H3,(H,23,24)/b15-12+,20-11?. The molecule has 0 spiro atoms. The van der Waals surface area contributed by atoms with E-state index in [4.69, 9.17) is 15.9 Å². The Morgan fingerprint density at radius 1 is 1.16 bits per heavy atom. The van der Waals surface area contributed by atoms with Crippen LogP contribution in [0.25, 0.3) is 5.57 Å². The van der Waals surface area contributed by atoms with Crippen molar-refractivity contribution in [3.63, 3.8) is 0 Å². The Kier molecular flexibility index (Phi) is 6.31. The number of anilines is 1. The lowest BCUT2D eigenvalue weighted by molar-refractivity contribution is -0.118. The van der Waals surface area contributed by atoms with Gasteiger partial charge >= 0.3 is 0 Å². The SMILES string of the molecule is CNC(C(=O)Nc1ccc(/C(C=N)=C/N)cc1)c1ccc(OC)cc1. The maximum atomic E-state index is 12.6. The molecule has 0 aliphatic heterocycles. The van der Waals surface area contributed by atoms with Gasteiger partial charge in [0.1, 0.15) is 11.8 Å². The van der Waals surface area contributed by atoms with Crippen LogP contribution in [0.15, 0.2) is 54.7 Å². The monoisotopic (exact) mass is 338 g/mol. The van der Waals surface area contributed by atoms with E-state index in [9.17, 15) is 4.79 Å². The Hall–Kier alpha value is -3.12. The molecule has 1 unspecified atom stereocenters. The summed E-state index contributed by atoms with van der Waals surface area (Å²) < 4.78 is 5.14. The van der Waals surface area contributed by atoms with Crippen LogP contribution in [0, 0.1) is 5.41 Å². The quantitative estimate of drug-likeness (QED) is 0.583. The first kappa shape index (κ1) is 18.2. The maximum Gasteiger partial charge on any atom is 0.246 e. The predicted molar refractivity (Wildman–Crippen MR) is 101 cm³/mol. The number of likely N-dealkylation sites (N-methyl/N-ethyl adjacent to an activating group) is 1. The van der Waals surface area contributed by atoms with Gasteiger partial charge in [-0.15, -0.1) is 0 Å². The van der Waals surface area contributed by atoms with E-state index in [0.717, 1.165) is 16.9 Å². The number of carbonyl (C=O) groups excluding carboxylic acids is 1. The van der Waals surface area contributed by atoms with E-state index >= 15 is 0 Å². The lowest BCUT2D eigenvalue weighted by Gasteiger charge is -2.17. The summed E-state index contributed by atoms with van der Waals surface area (Å²) in [6, 6.07) is 14.0. The molecular formula is C19H22N4O2. The maximum absolute atomic E-state index is 12.6. The summed E-state index contributed by atoms with van der Waals surface area (Å²) in [6.07, 6.45) is 2.57. The number of allylic oxidation sites excluding steroid dienone is 1. The number of benzene rings is 2. The van der Waals surface area contributed by atoms with E-state index in [2.05, 4.69) is 10.6 Å². The van der Waals surface area contributed by atoms with Gasteiger partial charge in [0.05, 0.1) is 7.11 Å². The lowest BCUT2D eigenvalue weighted by Crippen LogP contribution is -2.30. The lowest BCUT2D eigenvalue weighted by atomic mass is 10.1. The topological polar surface area (TPSA) is 100 Å². The molecule has 2 aromatic rings. The van der Waals surface area contributed by atoms with Gasteiger partial charge in [0, 0.05) is 23.7 Å². The molecule has 0 aliphatic rings. The second-order valence-corrected chi connectivity index (χ2v) is 5.33. The third-order valence-corrected chi connectivity index (χ3v) is 3.82. The highest BCUT2D eigenvalue weighted by Gasteiger charge is 2.18. The molecule has 0 aromatic heterocycles. The van der Waals surface area contributed by atoms with Gasteiger partial charge in [0.15, 0.2) is 0 Å². The number of ether oxygens (including phenoxy) is 1. The molecule has 0 bridgehead atoms. The third-order valence-electron chi connectivity index (χ3n) is 3.82. The fourth-order valence-electron chi connectivity index (χ4n) is 2.43. The highest BCUT2D eigenvalue weighted by Crippen LogP contribution is 2.20. The van der Waals surface area contributed by atoms with Crippen molar-refractivity contribution >= 4 is 23.4 Å². The Labute approximate surface area is 147 Å². The molecule has 0 radical (unpaired) electrons. The Morgan fingerprint density at radius 2 is 1.80 bits per heavy atom. The molecule has 2 aromatic carbocycles. The molecule has 1 atom stereocenters.